The maximum absolute atomic E-state index is 13.4. The summed E-state index contributed by atoms with van der Waals surface area (Å²) in [5.74, 6) is -3.09. The molecule has 22 heavy (non-hydrogen) atoms. The summed E-state index contributed by atoms with van der Waals surface area (Å²) in [7, 11) is 0. The van der Waals surface area contributed by atoms with Gasteiger partial charge >= 0.3 is 0 Å². The molecular formula is C15H21F2N3O2. The highest BCUT2D eigenvalue weighted by atomic mass is 19.1. The first-order valence-corrected chi connectivity index (χ1v) is 6.90. The van der Waals surface area contributed by atoms with Crippen LogP contribution >= 0.6 is 0 Å². The largest absolute Gasteiger partial charge is 0.353 e. The Labute approximate surface area is 128 Å². The van der Waals surface area contributed by atoms with E-state index < -0.39 is 29.1 Å². The van der Waals surface area contributed by atoms with Crippen molar-refractivity contribution in [3.63, 3.8) is 0 Å². The van der Waals surface area contributed by atoms with Gasteiger partial charge in [-0.3, -0.25) is 9.59 Å². The van der Waals surface area contributed by atoms with E-state index in [1.54, 1.807) is 0 Å². The van der Waals surface area contributed by atoms with Crippen molar-refractivity contribution in [2.75, 3.05) is 13.1 Å². The molecule has 2 amide bonds. The summed E-state index contributed by atoms with van der Waals surface area (Å²) < 4.78 is 26.8. The first-order chi connectivity index (χ1) is 10.1. The van der Waals surface area contributed by atoms with Gasteiger partial charge < -0.3 is 16.4 Å². The lowest BCUT2D eigenvalue weighted by molar-refractivity contribution is -0.124. The van der Waals surface area contributed by atoms with Gasteiger partial charge in [0.05, 0.1) is 6.04 Å². The molecule has 1 rings (SSSR count). The van der Waals surface area contributed by atoms with Gasteiger partial charge in [-0.25, -0.2) is 8.78 Å². The van der Waals surface area contributed by atoms with Crippen LogP contribution in [-0.2, 0) is 4.79 Å². The van der Waals surface area contributed by atoms with Crippen LogP contribution in [0.2, 0.25) is 0 Å². The fourth-order valence-electron chi connectivity index (χ4n) is 1.67. The molecule has 0 aliphatic heterocycles. The standard InChI is InChI=1S/C15H21F2N3O2/c1-15(2,3)12(18)14(22)20-8-7-19-13(21)11-9(16)5-4-6-10(11)17/h4-6,12H,7-8,18H2,1-3H3,(H,19,21)(H,20,22)/t12-/m1/s1. The Morgan fingerprint density at radius 1 is 1.14 bits per heavy atom. The zero-order chi connectivity index (χ0) is 16.9. The molecule has 0 spiro atoms. The molecule has 0 radical (unpaired) electrons. The summed E-state index contributed by atoms with van der Waals surface area (Å²) >= 11 is 0. The van der Waals surface area contributed by atoms with Crippen molar-refractivity contribution in [1.82, 2.24) is 10.6 Å². The highest BCUT2D eigenvalue weighted by Crippen LogP contribution is 2.17. The molecule has 0 aliphatic carbocycles. The van der Waals surface area contributed by atoms with Crippen LogP contribution in [0.5, 0.6) is 0 Å². The molecule has 122 valence electrons. The van der Waals surface area contributed by atoms with E-state index in [0.717, 1.165) is 12.1 Å². The molecular weight excluding hydrogens is 292 g/mol. The van der Waals surface area contributed by atoms with Crippen molar-refractivity contribution in [1.29, 1.82) is 0 Å². The third-order valence-corrected chi connectivity index (χ3v) is 3.12. The number of halogens is 2. The lowest BCUT2D eigenvalue weighted by Crippen LogP contribution is -2.50. The first-order valence-electron chi connectivity index (χ1n) is 6.90. The quantitative estimate of drug-likeness (QED) is 0.714. The van der Waals surface area contributed by atoms with Crippen LogP contribution in [0.15, 0.2) is 18.2 Å². The SMILES string of the molecule is CC(C)(C)[C@H](N)C(=O)NCCNC(=O)c1c(F)cccc1F. The second-order valence-electron chi connectivity index (χ2n) is 5.99. The van der Waals surface area contributed by atoms with E-state index >= 15 is 0 Å². The molecule has 7 heteroatoms. The molecule has 5 nitrogen and oxygen atoms in total. The van der Waals surface area contributed by atoms with Crippen molar-refractivity contribution in [2.45, 2.75) is 26.8 Å². The lowest BCUT2D eigenvalue weighted by Gasteiger charge is -2.25. The molecule has 0 bridgehead atoms. The van der Waals surface area contributed by atoms with E-state index in [4.69, 9.17) is 5.73 Å². The number of benzene rings is 1. The molecule has 0 heterocycles. The van der Waals surface area contributed by atoms with Crippen molar-refractivity contribution < 1.29 is 18.4 Å². The zero-order valence-electron chi connectivity index (χ0n) is 12.9. The Hall–Kier alpha value is -2.02. The second-order valence-corrected chi connectivity index (χ2v) is 5.99. The highest BCUT2D eigenvalue weighted by molar-refractivity contribution is 5.94. The van der Waals surface area contributed by atoms with Gasteiger partial charge in [-0.1, -0.05) is 26.8 Å². The fourth-order valence-corrected chi connectivity index (χ4v) is 1.67. The van der Waals surface area contributed by atoms with Crippen molar-refractivity contribution >= 4 is 11.8 Å². The normalized spacial score (nSPS) is 12.6. The number of carbonyl (C=O) groups excluding carboxylic acids is 2. The van der Waals surface area contributed by atoms with E-state index in [-0.39, 0.29) is 24.4 Å². The Bertz CT molecular complexity index is 536. The van der Waals surface area contributed by atoms with Gasteiger partial charge in [0.15, 0.2) is 0 Å². The van der Waals surface area contributed by atoms with Crippen molar-refractivity contribution in [3.05, 3.63) is 35.4 Å². The Morgan fingerprint density at radius 2 is 1.64 bits per heavy atom. The lowest BCUT2D eigenvalue weighted by atomic mass is 9.87. The van der Waals surface area contributed by atoms with Crippen LogP contribution in [0, 0.1) is 17.0 Å². The van der Waals surface area contributed by atoms with Gasteiger partial charge in [-0.15, -0.1) is 0 Å². The Kier molecular flexibility index (Phi) is 5.99. The van der Waals surface area contributed by atoms with E-state index in [1.165, 1.54) is 6.07 Å². The summed E-state index contributed by atoms with van der Waals surface area (Å²) in [5, 5.41) is 4.90. The predicted molar refractivity (Wildman–Crippen MR) is 79.1 cm³/mol. The number of hydrogen-bond acceptors (Lipinski definition) is 3. The summed E-state index contributed by atoms with van der Waals surface area (Å²) in [5.41, 5.74) is 4.74. The monoisotopic (exact) mass is 313 g/mol. The average molecular weight is 313 g/mol. The maximum Gasteiger partial charge on any atom is 0.257 e. The second kappa shape index (κ2) is 7.31. The van der Waals surface area contributed by atoms with Gasteiger partial charge in [-0.05, 0) is 17.5 Å². The molecule has 0 saturated carbocycles. The third-order valence-electron chi connectivity index (χ3n) is 3.12. The van der Waals surface area contributed by atoms with Gasteiger partial charge in [-0.2, -0.15) is 0 Å². The zero-order valence-corrected chi connectivity index (χ0v) is 12.9. The van der Waals surface area contributed by atoms with E-state index in [2.05, 4.69) is 10.6 Å². The predicted octanol–water partition coefficient (Wildman–Crippen LogP) is 1.18. The number of nitrogens with two attached hydrogens (primary N) is 1. The summed E-state index contributed by atoms with van der Waals surface area (Å²) in [6, 6.07) is 2.49. The molecule has 0 unspecified atom stereocenters. The average Bonchev–Trinajstić information content (AvgIpc) is 2.41. The summed E-state index contributed by atoms with van der Waals surface area (Å²) in [6.45, 7) is 5.65. The number of amides is 2. The van der Waals surface area contributed by atoms with E-state index in [1.807, 2.05) is 20.8 Å². The van der Waals surface area contributed by atoms with Gasteiger partial charge in [0.2, 0.25) is 5.91 Å². The minimum Gasteiger partial charge on any atom is -0.353 e. The van der Waals surface area contributed by atoms with Gasteiger partial charge in [0, 0.05) is 13.1 Å². The first kappa shape index (κ1) is 18.0. The van der Waals surface area contributed by atoms with Crippen molar-refractivity contribution in [2.24, 2.45) is 11.1 Å². The fraction of sp³-hybridized carbons (Fsp3) is 0.467. The van der Waals surface area contributed by atoms with Gasteiger partial charge in [0.25, 0.3) is 5.91 Å². The number of hydrogen-bond donors (Lipinski definition) is 3. The highest BCUT2D eigenvalue weighted by Gasteiger charge is 2.27. The summed E-state index contributed by atoms with van der Waals surface area (Å²) in [6.07, 6.45) is 0. The van der Waals surface area contributed by atoms with Crippen LogP contribution in [0.4, 0.5) is 8.78 Å². The summed E-state index contributed by atoms with van der Waals surface area (Å²) in [4.78, 5) is 23.4. The molecule has 0 aromatic heterocycles. The number of nitrogens with one attached hydrogen (secondary N) is 2. The van der Waals surface area contributed by atoms with Gasteiger partial charge in [0.1, 0.15) is 17.2 Å². The van der Waals surface area contributed by atoms with Crippen LogP contribution in [0.3, 0.4) is 0 Å². The minimum absolute atomic E-state index is 0.0369. The van der Waals surface area contributed by atoms with Crippen LogP contribution in [-0.4, -0.2) is 30.9 Å². The molecule has 0 aliphatic rings. The molecule has 0 fully saturated rings. The molecule has 1 aromatic rings. The number of carbonyl (C=O) groups is 2. The Balaban J connectivity index is 2.45. The van der Waals surface area contributed by atoms with Crippen LogP contribution in [0.1, 0.15) is 31.1 Å². The van der Waals surface area contributed by atoms with E-state index in [9.17, 15) is 18.4 Å². The molecule has 1 atom stereocenters. The maximum atomic E-state index is 13.4. The molecule has 1 aromatic carbocycles. The third kappa shape index (κ3) is 4.77. The van der Waals surface area contributed by atoms with Crippen molar-refractivity contribution in [3.8, 4) is 0 Å². The van der Waals surface area contributed by atoms with Crippen LogP contribution in [0.25, 0.3) is 0 Å². The Morgan fingerprint density at radius 3 is 2.14 bits per heavy atom. The number of rotatable bonds is 5. The minimum atomic E-state index is -0.934. The molecule has 0 saturated heterocycles. The smallest absolute Gasteiger partial charge is 0.257 e. The molecule has 4 N–H and O–H groups in total. The van der Waals surface area contributed by atoms with E-state index in [0.29, 0.717) is 0 Å². The van der Waals surface area contributed by atoms with Crippen LogP contribution < -0.4 is 16.4 Å². The topological polar surface area (TPSA) is 84.2 Å².